The Balaban J connectivity index is 1.67. The highest BCUT2D eigenvalue weighted by molar-refractivity contribution is 6.01. The quantitative estimate of drug-likeness (QED) is 0.663. The molecule has 5 nitrogen and oxygen atoms in total. The van der Waals surface area contributed by atoms with Crippen molar-refractivity contribution in [2.75, 3.05) is 19.8 Å². The predicted octanol–water partition coefficient (Wildman–Crippen LogP) is 0.679. The van der Waals surface area contributed by atoms with Gasteiger partial charge in [0.25, 0.3) is 0 Å². The number of likely N-dealkylation sites (tertiary alicyclic amines) is 1. The van der Waals surface area contributed by atoms with Gasteiger partial charge in [-0.15, -0.1) is 0 Å². The molecule has 2 aliphatic rings. The van der Waals surface area contributed by atoms with Gasteiger partial charge in [0.05, 0.1) is 13.2 Å². The molecule has 0 aromatic carbocycles. The normalized spacial score (nSPS) is 23.1. The highest BCUT2D eigenvalue weighted by Gasteiger charge is 2.28. The van der Waals surface area contributed by atoms with E-state index in [0.29, 0.717) is 19.4 Å². The van der Waals surface area contributed by atoms with Crippen LogP contribution in [0.1, 0.15) is 32.1 Å². The van der Waals surface area contributed by atoms with E-state index in [2.05, 4.69) is 0 Å². The van der Waals surface area contributed by atoms with Crippen molar-refractivity contribution in [1.82, 2.24) is 4.90 Å². The Morgan fingerprint density at radius 3 is 2.38 bits per heavy atom. The van der Waals surface area contributed by atoms with E-state index in [4.69, 9.17) is 9.47 Å². The lowest BCUT2D eigenvalue weighted by molar-refractivity contribution is -0.182. The van der Waals surface area contributed by atoms with E-state index in [1.165, 1.54) is 4.90 Å². The standard InChI is InChI=1S/C11H17NO4/c13-9-4-5-10(14)12(9)6-1-3-11-15-7-2-8-16-11/h11H,1-8H2. The molecule has 16 heavy (non-hydrogen) atoms. The maximum Gasteiger partial charge on any atom is 0.229 e. The number of ether oxygens (including phenoxy) is 2. The summed E-state index contributed by atoms with van der Waals surface area (Å²) in [6.45, 7) is 1.99. The van der Waals surface area contributed by atoms with Crippen LogP contribution in [0, 0.1) is 0 Å². The SMILES string of the molecule is O=C1CCC(=O)N1CCCC1OCCCO1. The van der Waals surface area contributed by atoms with Gasteiger partial charge in [-0.05, 0) is 12.8 Å². The van der Waals surface area contributed by atoms with E-state index in [-0.39, 0.29) is 18.1 Å². The zero-order valence-corrected chi connectivity index (χ0v) is 9.31. The van der Waals surface area contributed by atoms with Gasteiger partial charge in [0, 0.05) is 25.8 Å². The molecule has 5 heteroatoms. The first-order chi connectivity index (χ1) is 7.77. The molecule has 0 atom stereocenters. The molecule has 0 spiro atoms. The van der Waals surface area contributed by atoms with Crippen LogP contribution in [0.15, 0.2) is 0 Å². The lowest BCUT2D eigenvalue weighted by Gasteiger charge is -2.23. The number of carbonyl (C=O) groups excluding carboxylic acids is 2. The maximum absolute atomic E-state index is 11.3. The van der Waals surface area contributed by atoms with E-state index in [9.17, 15) is 9.59 Å². The second kappa shape index (κ2) is 5.41. The zero-order chi connectivity index (χ0) is 11.4. The van der Waals surface area contributed by atoms with E-state index in [1.807, 2.05) is 0 Å². The number of carbonyl (C=O) groups is 2. The molecule has 2 aliphatic heterocycles. The summed E-state index contributed by atoms with van der Waals surface area (Å²) in [4.78, 5) is 24.0. The van der Waals surface area contributed by atoms with Crippen molar-refractivity contribution in [2.24, 2.45) is 0 Å². The molecular weight excluding hydrogens is 210 g/mol. The van der Waals surface area contributed by atoms with E-state index in [1.54, 1.807) is 0 Å². The fourth-order valence-electron chi connectivity index (χ4n) is 1.99. The molecule has 0 unspecified atom stereocenters. The van der Waals surface area contributed by atoms with Crippen LogP contribution in [0.2, 0.25) is 0 Å². The third-order valence-corrected chi connectivity index (χ3v) is 2.87. The first-order valence-corrected chi connectivity index (χ1v) is 5.84. The molecule has 2 heterocycles. The monoisotopic (exact) mass is 227 g/mol. The van der Waals surface area contributed by atoms with E-state index >= 15 is 0 Å². The van der Waals surface area contributed by atoms with Gasteiger partial charge in [-0.25, -0.2) is 0 Å². The number of hydrogen-bond donors (Lipinski definition) is 0. The number of amides is 2. The fourth-order valence-corrected chi connectivity index (χ4v) is 1.99. The molecule has 2 amide bonds. The van der Waals surface area contributed by atoms with Crippen LogP contribution < -0.4 is 0 Å². The van der Waals surface area contributed by atoms with Gasteiger partial charge in [-0.3, -0.25) is 14.5 Å². The van der Waals surface area contributed by atoms with Gasteiger partial charge in [0.15, 0.2) is 6.29 Å². The molecule has 0 aliphatic carbocycles. The topological polar surface area (TPSA) is 55.8 Å². The first-order valence-electron chi connectivity index (χ1n) is 5.84. The van der Waals surface area contributed by atoms with E-state index < -0.39 is 0 Å². The van der Waals surface area contributed by atoms with Crippen molar-refractivity contribution in [3.63, 3.8) is 0 Å². The van der Waals surface area contributed by atoms with Crippen molar-refractivity contribution >= 4 is 11.8 Å². The maximum atomic E-state index is 11.3. The number of hydrogen-bond acceptors (Lipinski definition) is 4. The molecule has 0 aromatic rings. The van der Waals surface area contributed by atoms with Crippen LogP contribution >= 0.6 is 0 Å². The fraction of sp³-hybridized carbons (Fsp3) is 0.818. The van der Waals surface area contributed by atoms with Gasteiger partial charge in [-0.1, -0.05) is 0 Å². The lowest BCUT2D eigenvalue weighted by atomic mass is 10.2. The van der Waals surface area contributed by atoms with Crippen LogP contribution in [0.4, 0.5) is 0 Å². The van der Waals surface area contributed by atoms with Gasteiger partial charge in [-0.2, -0.15) is 0 Å². The second-order valence-corrected chi connectivity index (χ2v) is 4.11. The number of rotatable bonds is 4. The minimum Gasteiger partial charge on any atom is -0.353 e. The van der Waals surface area contributed by atoms with Crippen molar-refractivity contribution in [3.8, 4) is 0 Å². The number of imide groups is 1. The Hall–Kier alpha value is -0.940. The second-order valence-electron chi connectivity index (χ2n) is 4.11. The minimum absolute atomic E-state index is 0.0459. The van der Waals surface area contributed by atoms with Gasteiger partial charge in [0.2, 0.25) is 11.8 Å². The third kappa shape index (κ3) is 2.80. The third-order valence-electron chi connectivity index (χ3n) is 2.87. The van der Waals surface area contributed by atoms with Crippen LogP contribution in [0.5, 0.6) is 0 Å². The molecule has 0 bridgehead atoms. The summed E-state index contributed by atoms with van der Waals surface area (Å²) >= 11 is 0. The minimum atomic E-state index is -0.151. The van der Waals surface area contributed by atoms with Crippen LogP contribution in [0.3, 0.4) is 0 Å². The molecule has 0 saturated carbocycles. The molecule has 2 saturated heterocycles. The Labute approximate surface area is 94.7 Å². The summed E-state index contributed by atoms with van der Waals surface area (Å²) in [7, 11) is 0. The summed E-state index contributed by atoms with van der Waals surface area (Å²) in [6, 6.07) is 0. The largest absolute Gasteiger partial charge is 0.353 e. The average molecular weight is 227 g/mol. The van der Waals surface area contributed by atoms with Crippen LogP contribution in [0.25, 0.3) is 0 Å². The Bertz CT molecular complexity index is 257. The summed E-state index contributed by atoms with van der Waals surface area (Å²) in [5.74, 6) is -0.0917. The zero-order valence-electron chi connectivity index (χ0n) is 9.31. The molecule has 0 N–H and O–H groups in total. The molecule has 2 rings (SSSR count). The Morgan fingerprint density at radius 2 is 1.75 bits per heavy atom. The summed E-state index contributed by atoms with van der Waals surface area (Å²) < 4.78 is 10.8. The first kappa shape index (κ1) is 11.5. The van der Waals surface area contributed by atoms with Crippen LogP contribution in [-0.4, -0.2) is 42.8 Å². The Morgan fingerprint density at radius 1 is 1.12 bits per heavy atom. The smallest absolute Gasteiger partial charge is 0.229 e. The average Bonchev–Trinajstić information content (AvgIpc) is 2.62. The summed E-state index contributed by atoms with van der Waals surface area (Å²) in [6.07, 6.45) is 3.03. The van der Waals surface area contributed by atoms with Gasteiger partial charge < -0.3 is 9.47 Å². The number of nitrogens with zero attached hydrogens (tertiary/aromatic N) is 1. The van der Waals surface area contributed by atoms with Crippen molar-refractivity contribution in [1.29, 1.82) is 0 Å². The van der Waals surface area contributed by atoms with E-state index in [0.717, 1.165) is 32.5 Å². The predicted molar refractivity (Wildman–Crippen MR) is 55.5 cm³/mol. The van der Waals surface area contributed by atoms with Crippen molar-refractivity contribution < 1.29 is 19.1 Å². The Kier molecular flexibility index (Phi) is 3.90. The molecular formula is C11H17NO4. The molecule has 0 radical (unpaired) electrons. The van der Waals surface area contributed by atoms with Crippen LogP contribution in [-0.2, 0) is 19.1 Å². The molecule has 0 aromatic heterocycles. The molecule has 2 fully saturated rings. The van der Waals surface area contributed by atoms with Gasteiger partial charge >= 0.3 is 0 Å². The highest BCUT2D eigenvalue weighted by atomic mass is 16.7. The van der Waals surface area contributed by atoms with Gasteiger partial charge in [0.1, 0.15) is 0 Å². The molecule has 90 valence electrons. The van der Waals surface area contributed by atoms with Crippen molar-refractivity contribution in [2.45, 2.75) is 38.4 Å². The summed E-state index contributed by atoms with van der Waals surface area (Å²) in [5, 5.41) is 0. The summed E-state index contributed by atoms with van der Waals surface area (Å²) in [5.41, 5.74) is 0. The highest BCUT2D eigenvalue weighted by Crippen LogP contribution is 2.15. The lowest BCUT2D eigenvalue weighted by Crippen LogP contribution is -2.31. The van der Waals surface area contributed by atoms with Crippen molar-refractivity contribution in [3.05, 3.63) is 0 Å².